The van der Waals surface area contributed by atoms with Gasteiger partial charge in [-0.15, -0.1) is 0 Å². The van der Waals surface area contributed by atoms with Crippen LogP contribution in [-0.2, 0) is 20.9 Å². The number of nitrogens with one attached hydrogen (secondary N) is 2. The minimum absolute atomic E-state index is 0.00705. The molecule has 10 heteroatoms. The third-order valence-corrected chi connectivity index (χ3v) is 9.35. The van der Waals surface area contributed by atoms with Crippen LogP contribution < -0.4 is 15.5 Å². The molecule has 3 aromatic rings. The monoisotopic (exact) mass is 615 g/mol. The molecule has 1 atom stereocenters. The second-order valence-electron chi connectivity index (χ2n) is 11.7. The molecule has 0 radical (unpaired) electrons. The maximum absolute atomic E-state index is 15.0. The Morgan fingerprint density at radius 3 is 2.36 bits per heavy atom. The molecule has 3 fully saturated rings. The van der Waals surface area contributed by atoms with Crippen molar-refractivity contribution in [3.8, 4) is 0 Å². The van der Waals surface area contributed by atoms with Gasteiger partial charge in [0.2, 0.25) is 11.8 Å². The number of benzene rings is 3. The van der Waals surface area contributed by atoms with Crippen molar-refractivity contribution in [2.75, 3.05) is 49.6 Å². The van der Waals surface area contributed by atoms with Crippen molar-refractivity contribution in [1.82, 2.24) is 15.1 Å². The van der Waals surface area contributed by atoms with E-state index in [1.807, 2.05) is 59.5 Å². The molecule has 2 saturated heterocycles. The molecule has 0 spiro atoms. The summed E-state index contributed by atoms with van der Waals surface area (Å²) in [5, 5.41) is 6.91. The van der Waals surface area contributed by atoms with Gasteiger partial charge in [-0.2, -0.15) is 0 Å². The molecule has 3 aliphatic rings. The molecule has 6 rings (SSSR count). The zero-order valence-corrected chi connectivity index (χ0v) is 25.5. The van der Waals surface area contributed by atoms with Gasteiger partial charge in [0.05, 0.1) is 25.8 Å². The number of ether oxygens (including phenoxy) is 1. The number of carbonyl (C=O) groups is 2. The number of rotatable bonds is 9. The van der Waals surface area contributed by atoms with E-state index in [9.17, 15) is 14.0 Å². The zero-order chi connectivity index (χ0) is 30.5. The summed E-state index contributed by atoms with van der Waals surface area (Å²) in [6.07, 6.45) is 2.59. The fourth-order valence-electron chi connectivity index (χ4n) is 6.53. The van der Waals surface area contributed by atoms with E-state index in [0.29, 0.717) is 49.0 Å². The van der Waals surface area contributed by atoms with E-state index in [4.69, 9.17) is 17.0 Å². The maximum Gasteiger partial charge on any atom is 0.250 e. The van der Waals surface area contributed by atoms with Gasteiger partial charge in [0, 0.05) is 43.1 Å². The normalized spacial score (nSPS) is 19.5. The molecule has 0 unspecified atom stereocenters. The molecule has 8 nitrogen and oxygen atoms in total. The van der Waals surface area contributed by atoms with Crippen LogP contribution in [0, 0.1) is 5.82 Å². The summed E-state index contributed by atoms with van der Waals surface area (Å²) in [5.41, 5.74) is 2.07. The minimum atomic E-state index is -1.12. The summed E-state index contributed by atoms with van der Waals surface area (Å²) >= 11 is 5.63. The van der Waals surface area contributed by atoms with Crippen LogP contribution in [0.25, 0.3) is 0 Å². The van der Waals surface area contributed by atoms with E-state index >= 15 is 0 Å². The predicted octanol–water partition coefficient (Wildman–Crippen LogP) is 4.87. The van der Waals surface area contributed by atoms with Crippen molar-refractivity contribution in [2.24, 2.45) is 0 Å². The Morgan fingerprint density at radius 1 is 0.977 bits per heavy atom. The summed E-state index contributed by atoms with van der Waals surface area (Å²) in [6.45, 7) is 3.54. The highest BCUT2D eigenvalue weighted by Crippen LogP contribution is 2.38. The molecule has 44 heavy (non-hydrogen) atoms. The fourth-order valence-corrected chi connectivity index (χ4v) is 6.81. The summed E-state index contributed by atoms with van der Waals surface area (Å²) in [6, 6.07) is 24.2. The van der Waals surface area contributed by atoms with Crippen molar-refractivity contribution in [3.63, 3.8) is 0 Å². The summed E-state index contributed by atoms with van der Waals surface area (Å²) in [4.78, 5) is 34.2. The molecule has 1 aliphatic carbocycles. The molecule has 3 aromatic carbocycles. The molecule has 2 heterocycles. The molecule has 2 aliphatic heterocycles. The lowest BCUT2D eigenvalue weighted by molar-refractivity contribution is -0.146. The number of anilines is 2. The molecule has 1 saturated carbocycles. The van der Waals surface area contributed by atoms with Gasteiger partial charge in [0.25, 0.3) is 0 Å². The van der Waals surface area contributed by atoms with Gasteiger partial charge in [-0.05, 0) is 61.0 Å². The Kier molecular flexibility index (Phi) is 9.09. The molecular formula is C34H38FN5O3S. The largest absolute Gasteiger partial charge is 0.378 e. The highest BCUT2D eigenvalue weighted by atomic mass is 32.1. The van der Waals surface area contributed by atoms with Crippen molar-refractivity contribution >= 4 is 40.5 Å². The number of carbonyl (C=O) groups excluding carboxylic acids is 2. The number of nitrogens with zero attached hydrogens (tertiary/aromatic N) is 3. The number of morpholine rings is 1. The van der Waals surface area contributed by atoms with Crippen LogP contribution in [0.4, 0.5) is 15.8 Å². The van der Waals surface area contributed by atoms with E-state index in [2.05, 4.69) is 15.5 Å². The van der Waals surface area contributed by atoms with Gasteiger partial charge in [-0.3, -0.25) is 9.59 Å². The number of halogens is 1. The molecule has 2 amide bonds. The first-order valence-electron chi connectivity index (χ1n) is 15.3. The van der Waals surface area contributed by atoms with Gasteiger partial charge in [0.1, 0.15) is 11.4 Å². The number of hydrogen-bond donors (Lipinski definition) is 2. The van der Waals surface area contributed by atoms with E-state index < -0.39 is 11.4 Å². The Balaban J connectivity index is 1.24. The Bertz CT molecular complexity index is 1480. The van der Waals surface area contributed by atoms with Crippen LogP contribution >= 0.6 is 12.2 Å². The van der Waals surface area contributed by atoms with Crippen molar-refractivity contribution in [2.45, 2.75) is 43.8 Å². The summed E-state index contributed by atoms with van der Waals surface area (Å²) in [5.74, 6) is -0.908. The molecule has 0 aromatic heterocycles. The second-order valence-corrected chi connectivity index (χ2v) is 12.1. The number of thiocarbonyl (C=S) groups is 1. The lowest BCUT2D eigenvalue weighted by Crippen LogP contribution is -2.59. The quantitative estimate of drug-likeness (QED) is 0.333. The Morgan fingerprint density at radius 2 is 1.66 bits per heavy atom. The van der Waals surface area contributed by atoms with Gasteiger partial charge < -0.3 is 30.1 Å². The van der Waals surface area contributed by atoms with Crippen molar-refractivity contribution in [1.29, 1.82) is 0 Å². The van der Waals surface area contributed by atoms with Crippen LogP contribution in [0.15, 0.2) is 78.9 Å². The van der Waals surface area contributed by atoms with Gasteiger partial charge in [0.15, 0.2) is 5.11 Å². The van der Waals surface area contributed by atoms with Crippen LogP contribution in [-0.4, -0.2) is 71.7 Å². The third-order valence-electron chi connectivity index (χ3n) is 8.97. The molecule has 0 bridgehead atoms. The highest BCUT2D eigenvalue weighted by molar-refractivity contribution is 7.80. The van der Waals surface area contributed by atoms with Crippen LogP contribution in [0.1, 0.15) is 42.9 Å². The lowest BCUT2D eigenvalue weighted by atomic mass is 9.92. The Labute approximate surface area is 263 Å². The maximum atomic E-state index is 15.0. The van der Waals surface area contributed by atoms with E-state index in [0.717, 1.165) is 37.2 Å². The Hall–Kier alpha value is -4.02. The SMILES string of the molecule is O=C(CN1C[C@@H](c2ccccc2)NC1=S)N(Cc1ccccc1F)C1(C(=O)Nc2ccc(N3CCOCC3)cc2)CCCC1. The average molecular weight is 616 g/mol. The standard InChI is InChI=1S/C34H38FN5O3S/c35-29-11-5-4-10-26(29)22-40(31(41)24-39-23-30(37-33(39)44)25-8-2-1-3-9-25)34(16-6-7-17-34)32(42)36-27-12-14-28(15-13-27)38-18-20-43-21-19-38/h1-5,8-15,30H,6-7,16-24H2,(H,36,42)(H,37,44)/t30-/m0/s1. The number of amides is 2. The first kappa shape index (κ1) is 30.0. The van der Waals surface area contributed by atoms with Gasteiger partial charge in [-0.1, -0.05) is 61.4 Å². The average Bonchev–Trinajstić information content (AvgIpc) is 3.69. The zero-order valence-electron chi connectivity index (χ0n) is 24.7. The third kappa shape index (κ3) is 6.42. The smallest absolute Gasteiger partial charge is 0.250 e. The van der Waals surface area contributed by atoms with Gasteiger partial charge >= 0.3 is 0 Å². The first-order valence-corrected chi connectivity index (χ1v) is 15.7. The highest BCUT2D eigenvalue weighted by Gasteiger charge is 2.49. The van der Waals surface area contributed by atoms with Crippen LogP contribution in [0.3, 0.4) is 0 Å². The van der Waals surface area contributed by atoms with Crippen LogP contribution in [0.2, 0.25) is 0 Å². The molecular weight excluding hydrogens is 577 g/mol. The summed E-state index contributed by atoms with van der Waals surface area (Å²) in [7, 11) is 0. The van der Waals surface area contributed by atoms with Gasteiger partial charge in [-0.25, -0.2) is 4.39 Å². The lowest BCUT2D eigenvalue weighted by Gasteiger charge is -2.41. The second kappa shape index (κ2) is 13.3. The minimum Gasteiger partial charge on any atom is -0.378 e. The van der Waals surface area contributed by atoms with Crippen molar-refractivity contribution in [3.05, 3.63) is 95.8 Å². The predicted molar refractivity (Wildman–Crippen MR) is 173 cm³/mol. The first-order chi connectivity index (χ1) is 21.4. The molecule has 2 N–H and O–H groups in total. The van der Waals surface area contributed by atoms with E-state index in [-0.39, 0.29) is 30.9 Å². The topological polar surface area (TPSA) is 77.2 Å². The van der Waals surface area contributed by atoms with E-state index in [1.54, 1.807) is 23.1 Å². The van der Waals surface area contributed by atoms with Crippen LogP contribution in [0.5, 0.6) is 0 Å². The fraction of sp³-hybridized carbons (Fsp3) is 0.382. The number of hydrogen-bond acceptors (Lipinski definition) is 5. The van der Waals surface area contributed by atoms with Crippen molar-refractivity contribution < 1.29 is 18.7 Å². The van der Waals surface area contributed by atoms with E-state index in [1.165, 1.54) is 6.07 Å². The molecule has 230 valence electrons. The summed E-state index contributed by atoms with van der Waals surface area (Å²) < 4.78 is 20.4.